The molecule has 0 N–H and O–H groups in total. The molecule has 0 aliphatic rings. The van der Waals surface area contributed by atoms with Crippen molar-refractivity contribution in [2.45, 2.75) is 26.7 Å². The number of rotatable bonds is 4. The van der Waals surface area contributed by atoms with E-state index in [9.17, 15) is 4.79 Å². The first-order valence-corrected chi connectivity index (χ1v) is 6.03. The van der Waals surface area contributed by atoms with E-state index in [-0.39, 0.29) is 5.92 Å². The third-order valence-corrected chi connectivity index (χ3v) is 3.04. The van der Waals surface area contributed by atoms with Crippen LogP contribution >= 0.6 is 0 Å². The number of hydrogen-bond acceptors (Lipinski definition) is 2. The Morgan fingerprint density at radius 3 is 2.76 bits per heavy atom. The van der Waals surface area contributed by atoms with Crippen LogP contribution in [-0.2, 0) is 11.2 Å². The molecule has 0 spiro atoms. The molecule has 0 unspecified atom stereocenters. The van der Waals surface area contributed by atoms with Gasteiger partial charge in [0.15, 0.2) is 0 Å². The average Bonchev–Trinajstić information content (AvgIpc) is 2.35. The summed E-state index contributed by atoms with van der Waals surface area (Å²) in [4.78, 5) is 15.9. The third-order valence-electron chi connectivity index (χ3n) is 3.04. The van der Waals surface area contributed by atoms with Gasteiger partial charge in [-0.1, -0.05) is 38.1 Å². The average molecular weight is 227 g/mol. The van der Waals surface area contributed by atoms with E-state index in [0.29, 0.717) is 12.2 Å². The third kappa shape index (κ3) is 2.70. The Balaban J connectivity index is 2.21. The molecule has 1 aromatic carbocycles. The van der Waals surface area contributed by atoms with E-state index in [4.69, 9.17) is 0 Å². The molecule has 1 heterocycles. The highest BCUT2D eigenvalue weighted by molar-refractivity contribution is 5.86. The SMILES string of the molecule is CC(C)C(=O)CCc1cncc2ccccc12. The van der Waals surface area contributed by atoms with Gasteiger partial charge in [0.05, 0.1) is 0 Å². The minimum absolute atomic E-state index is 0.123. The molecule has 0 radical (unpaired) electrons. The van der Waals surface area contributed by atoms with Gasteiger partial charge in [0, 0.05) is 30.1 Å². The van der Waals surface area contributed by atoms with Gasteiger partial charge in [0.2, 0.25) is 0 Å². The topological polar surface area (TPSA) is 30.0 Å². The first kappa shape index (κ1) is 11.8. The van der Waals surface area contributed by atoms with E-state index in [2.05, 4.69) is 17.1 Å². The van der Waals surface area contributed by atoms with Crippen LogP contribution in [0, 0.1) is 5.92 Å². The van der Waals surface area contributed by atoms with Crippen molar-refractivity contribution in [2.24, 2.45) is 5.92 Å². The molecule has 0 aliphatic heterocycles. The molecule has 2 heteroatoms. The van der Waals surface area contributed by atoms with Crippen LogP contribution in [0.15, 0.2) is 36.7 Å². The van der Waals surface area contributed by atoms with Gasteiger partial charge in [0.25, 0.3) is 0 Å². The first-order valence-electron chi connectivity index (χ1n) is 6.03. The van der Waals surface area contributed by atoms with E-state index in [1.54, 1.807) is 0 Å². The van der Waals surface area contributed by atoms with Crippen LogP contribution in [0.4, 0.5) is 0 Å². The summed E-state index contributed by atoms with van der Waals surface area (Å²) in [5.41, 5.74) is 1.16. The Labute approximate surface area is 102 Å². The van der Waals surface area contributed by atoms with Crippen molar-refractivity contribution in [1.82, 2.24) is 4.98 Å². The van der Waals surface area contributed by atoms with Crippen LogP contribution < -0.4 is 0 Å². The van der Waals surface area contributed by atoms with Crippen LogP contribution in [-0.4, -0.2) is 10.8 Å². The summed E-state index contributed by atoms with van der Waals surface area (Å²) >= 11 is 0. The number of hydrogen-bond donors (Lipinski definition) is 0. The fraction of sp³-hybridized carbons (Fsp3) is 0.333. The summed E-state index contributed by atoms with van der Waals surface area (Å²) < 4.78 is 0. The maximum Gasteiger partial charge on any atom is 0.135 e. The molecular weight excluding hydrogens is 210 g/mol. The number of nitrogens with zero attached hydrogens (tertiary/aromatic N) is 1. The van der Waals surface area contributed by atoms with Crippen molar-refractivity contribution in [1.29, 1.82) is 0 Å². The molecule has 1 aromatic heterocycles. The molecule has 0 fully saturated rings. The van der Waals surface area contributed by atoms with Crippen molar-refractivity contribution >= 4 is 16.6 Å². The van der Waals surface area contributed by atoms with E-state index in [0.717, 1.165) is 17.4 Å². The van der Waals surface area contributed by atoms with E-state index in [1.807, 2.05) is 38.4 Å². The number of aryl methyl sites for hydroxylation is 1. The minimum atomic E-state index is 0.123. The first-order chi connectivity index (χ1) is 8.18. The van der Waals surface area contributed by atoms with Gasteiger partial charge in [-0.3, -0.25) is 9.78 Å². The Morgan fingerprint density at radius 2 is 2.00 bits per heavy atom. The predicted molar refractivity (Wildman–Crippen MR) is 69.9 cm³/mol. The van der Waals surface area contributed by atoms with Crippen LogP contribution in [0.1, 0.15) is 25.8 Å². The van der Waals surface area contributed by atoms with Crippen LogP contribution in [0.25, 0.3) is 10.8 Å². The number of fused-ring (bicyclic) bond motifs is 1. The van der Waals surface area contributed by atoms with Crippen molar-refractivity contribution in [3.8, 4) is 0 Å². The number of Topliss-reactive ketones (excluding diaryl/α,β-unsaturated/α-hetero) is 1. The second kappa shape index (κ2) is 5.09. The highest BCUT2D eigenvalue weighted by atomic mass is 16.1. The van der Waals surface area contributed by atoms with Crippen LogP contribution in [0.2, 0.25) is 0 Å². The van der Waals surface area contributed by atoms with Gasteiger partial charge in [0.1, 0.15) is 5.78 Å². The second-order valence-corrected chi connectivity index (χ2v) is 4.64. The minimum Gasteiger partial charge on any atom is -0.299 e. The van der Waals surface area contributed by atoms with Gasteiger partial charge in [-0.15, -0.1) is 0 Å². The number of aromatic nitrogens is 1. The zero-order valence-corrected chi connectivity index (χ0v) is 10.3. The van der Waals surface area contributed by atoms with Gasteiger partial charge >= 0.3 is 0 Å². The molecule has 88 valence electrons. The Morgan fingerprint density at radius 1 is 1.24 bits per heavy atom. The van der Waals surface area contributed by atoms with Crippen molar-refractivity contribution in [2.75, 3.05) is 0 Å². The number of carbonyl (C=O) groups is 1. The summed E-state index contributed by atoms with van der Waals surface area (Å²) in [5.74, 6) is 0.441. The van der Waals surface area contributed by atoms with Crippen LogP contribution in [0.3, 0.4) is 0 Å². The molecule has 0 bridgehead atoms. The molecule has 17 heavy (non-hydrogen) atoms. The lowest BCUT2D eigenvalue weighted by Gasteiger charge is -2.06. The fourth-order valence-corrected chi connectivity index (χ4v) is 1.92. The number of ketones is 1. The van der Waals surface area contributed by atoms with E-state index in [1.165, 1.54) is 5.39 Å². The molecule has 0 saturated heterocycles. The lowest BCUT2D eigenvalue weighted by molar-refractivity contribution is -0.121. The summed E-state index contributed by atoms with van der Waals surface area (Å²) in [6.07, 6.45) is 5.12. The molecule has 2 aromatic rings. The van der Waals surface area contributed by atoms with Gasteiger partial charge in [-0.25, -0.2) is 0 Å². The Bertz CT molecular complexity index is 526. The lowest BCUT2D eigenvalue weighted by atomic mass is 9.99. The van der Waals surface area contributed by atoms with Crippen molar-refractivity contribution < 1.29 is 4.79 Å². The maximum atomic E-state index is 11.6. The Kier molecular flexibility index (Phi) is 3.52. The molecule has 2 rings (SSSR count). The highest BCUT2D eigenvalue weighted by Crippen LogP contribution is 2.18. The van der Waals surface area contributed by atoms with Crippen molar-refractivity contribution in [3.05, 3.63) is 42.2 Å². The number of pyridine rings is 1. The largest absolute Gasteiger partial charge is 0.299 e. The summed E-state index contributed by atoms with van der Waals surface area (Å²) in [7, 11) is 0. The normalized spacial score (nSPS) is 11.0. The van der Waals surface area contributed by atoms with Crippen molar-refractivity contribution in [3.63, 3.8) is 0 Å². The van der Waals surface area contributed by atoms with Crippen LogP contribution in [0.5, 0.6) is 0 Å². The molecule has 0 atom stereocenters. The maximum absolute atomic E-state index is 11.6. The highest BCUT2D eigenvalue weighted by Gasteiger charge is 2.08. The standard InChI is InChI=1S/C15H17NO/c1-11(2)15(17)8-7-13-10-16-9-12-5-3-4-6-14(12)13/h3-6,9-11H,7-8H2,1-2H3. The monoisotopic (exact) mass is 227 g/mol. The molecule has 0 saturated carbocycles. The lowest BCUT2D eigenvalue weighted by Crippen LogP contribution is -2.08. The van der Waals surface area contributed by atoms with Gasteiger partial charge < -0.3 is 0 Å². The second-order valence-electron chi connectivity index (χ2n) is 4.64. The molecular formula is C15H17NO. The molecule has 0 amide bonds. The fourth-order valence-electron chi connectivity index (χ4n) is 1.92. The van der Waals surface area contributed by atoms with E-state index >= 15 is 0 Å². The smallest absolute Gasteiger partial charge is 0.135 e. The summed E-state index contributed by atoms with van der Waals surface area (Å²) in [6, 6.07) is 8.17. The van der Waals surface area contributed by atoms with Gasteiger partial charge in [-0.05, 0) is 17.4 Å². The zero-order valence-electron chi connectivity index (χ0n) is 10.3. The summed E-state index contributed by atoms with van der Waals surface area (Å²) in [6.45, 7) is 3.90. The number of benzene rings is 1. The predicted octanol–water partition coefficient (Wildman–Crippen LogP) is 3.39. The Hall–Kier alpha value is -1.70. The quantitative estimate of drug-likeness (QED) is 0.801. The zero-order chi connectivity index (χ0) is 12.3. The summed E-state index contributed by atoms with van der Waals surface area (Å²) in [5, 5.41) is 2.35. The van der Waals surface area contributed by atoms with E-state index < -0.39 is 0 Å². The molecule has 2 nitrogen and oxygen atoms in total. The van der Waals surface area contributed by atoms with Gasteiger partial charge in [-0.2, -0.15) is 0 Å². The number of carbonyl (C=O) groups excluding carboxylic acids is 1. The molecule has 0 aliphatic carbocycles.